The number of hydrogen-bond donors (Lipinski definition) is 3. The first-order chi connectivity index (χ1) is 14.7. The maximum atomic E-state index is 12.1. The SMILES string of the molecule is C=C(Nc1ccccc1NC(=O)OC(C)(C)C)c1ccc(N2CC[C@H](N)C2)cc1.CC. The van der Waals surface area contributed by atoms with Crippen molar-refractivity contribution in [3.63, 3.8) is 0 Å². The molecule has 1 aliphatic heterocycles. The van der Waals surface area contributed by atoms with E-state index in [1.165, 1.54) is 5.69 Å². The number of hydrogen-bond acceptors (Lipinski definition) is 5. The molecule has 1 aliphatic rings. The number of nitrogens with two attached hydrogens (primary N) is 1. The van der Waals surface area contributed by atoms with E-state index in [0.717, 1.165) is 36.5 Å². The molecular formula is C25H36N4O2. The smallest absolute Gasteiger partial charge is 0.412 e. The third-order valence-electron chi connectivity index (χ3n) is 4.65. The van der Waals surface area contributed by atoms with E-state index in [1.807, 2.05) is 71.0 Å². The molecule has 2 aromatic carbocycles. The van der Waals surface area contributed by atoms with Crippen LogP contribution in [0.5, 0.6) is 0 Å². The lowest BCUT2D eigenvalue weighted by molar-refractivity contribution is 0.0636. The minimum Gasteiger partial charge on any atom is -0.444 e. The summed E-state index contributed by atoms with van der Waals surface area (Å²) in [6.45, 7) is 15.5. The maximum Gasteiger partial charge on any atom is 0.412 e. The monoisotopic (exact) mass is 424 g/mol. The lowest BCUT2D eigenvalue weighted by atomic mass is 10.1. The third-order valence-corrected chi connectivity index (χ3v) is 4.65. The predicted octanol–water partition coefficient (Wildman–Crippen LogP) is 5.68. The van der Waals surface area contributed by atoms with Crippen LogP contribution in [0.15, 0.2) is 55.1 Å². The first kappa shape index (κ1) is 24.3. The Morgan fingerprint density at radius 1 is 1.06 bits per heavy atom. The molecule has 0 aromatic heterocycles. The molecule has 0 bridgehead atoms. The third kappa shape index (κ3) is 7.33. The highest BCUT2D eigenvalue weighted by Gasteiger charge is 2.19. The number of carbonyl (C=O) groups is 1. The summed E-state index contributed by atoms with van der Waals surface area (Å²) in [5.74, 6) is 0. The molecular weight excluding hydrogens is 388 g/mol. The Kier molecular flexibility index (Phi) is 8.51. The Morgan fingerprint density at radius 2 is 1.65 bits per heavy atom. The Balaban J connectivity index is 0.00000166. The van der Waals surface area contributed by atoms with Crippen LogP contribution in [0.25, 0.3) is 5.70 Å². The molecule has 0 saturated carbocycles. The molecule has 4 N–H and O–H groups in total. The van der Waals surface area contributed by atoms with Crippen molar-refractivity contribution < 1.29 is 9.53 Å². The summed E-state index contributed by atoms with van der Waals surface area (Å²) in [6, 6.07) is 16.0. The fraction of sp³-hybridized carbons (Fsp3) is 0.400. The maximum absolute atomic E-state index is 12.1. The Labute approximate surface area is 186 Å². The van der Waals surface area contributed by atoms with Gasteiger partial charge < -0.3 is 20.7 Å². The molecule has 3 rings (SSSR count). The van der Waals surface area contributed by atoms with Crippen molar-refractivity contribution in [1.82, 2.24) is 0 Å². The van der Waals surface area contributed by atoms with E-state index in [-0.39, 0.29) is 6.04 Å². The van der Waals surface area contributed by atoms with Crippen molar-refractivity contribution in [3.05, 3.63) is 60.7 Å². The van der Waals surface area contributed by atoms with Crippen LogP contribution in [0, 0.1) is 0 Å². The zero-order valence-electron chi connectivity index (χ0n) is 19.4. The van der Waals surface area contributed by atoms with Gasteiger partial charge in [0.05, 0.1) is 11.4 Å². The minimum absolute atomic E-state index is 0.250. The second kappa shape index (κ2) is 10.9. The molecule has 1 heterocycles. The van der Waals surface area contributed by atoms with Crippen molar-refractivity contribution in [3.8, 4) is 0 Å². The largest absolute Gasteiger partial charge is 0.444 e. The van der Waals surface area contributed by atoms with Crippen LogP contribution in [0.1, 0.15) is 46.6 Å². The summed E-state index contributed by atoms with van der Waals surface area (Å²) in [4.78, 5) is 14.4. The van der Waals surface area contributed by atoms with E-state index in [9.17, 15) is 4.79 Å². The van der Waals surface area contributed by atoms with E-state index in [4.69, 9.17) is 10.5 Å². The van der Waals surface area contributed by atoms with Crippen LogP contribution < -0.4 is 21.3 Å². The van der Waals surface area contributed by atoms with Crippen LogP contribution >= 0.6 is 0 Å². The second-order valence-corrected chi connectivity index (χ2v) is 8.32. The molecule has 0 aliphatic carbocycles. The highest BCUT2D eigenvalue weighted by atomic mass is 16.6. The summed E-state index contributed by atoms with van der Waals surface area (Å²) in [5.41, 5.74) is 9.71. The minimum atomic E-state index is -0.558. The summed E-state index contributed by atoms with van der Waals surface area (Å²) in [7, 11) is 0. The van der Waals surface area contributed by atoms with Crippen molar-refractivity contribution in [2.45, 2.75) is 52.7 Å². The fourth-order valence-electron chi connectivity index (χ4n) is 3.24. The number of nitrogens with one attached hydrogen (secondary N) is 2. The molecule has 6 heteroatoms. The van der Waals surface area contributed by atoms with Gasteiger partial charge in [0.15, 0.2) is 0 Å². The molecule has 168 valence electrons. The van der Waals surface area contributed by atoms with Gasteiger partial charge in [-0.25, -0.2) is 4.79 Å². The average molecular weight is 425 g/mol. The van der Waals surface area contributed by atoms with Gasteiger partial charge in [0.25, 0.3) is 0 Å². The standard InChI is InChI=1S/C23H30N4O2.C2H6/c1-16(17-9-11-19(12-10-17)27-14-13-18(24)15-27)25-20-7-5-6-8-21(20)26-22(28)29-23(2,3)4;1-2/h5-12,18,25H,1,13-15,24H2,2-4H3,(H,26,28);1-2H3/t18-;/m0./s1. The molecule has 0 spiro atoms. The van der Waals surface area contributed by atoms with Gasteiger partial charge in [-0.05, 0) is 57.0 Å². The van der Waals surface area contributed by atoms with Crippen LogP contribution in [0.2, 0.25) is 0 Å². The van der Waals surface area contributed by atoms with Gasteiger partial charge >= 0.3 is 6.09 Å². The van der Waals surface area contributed by atoms with Gasteiger partial charge in [-0.1, -0.05) is 44.7 Å². The van der Waals surface area contributed by atoms with E-state index in [1.54, 1.807) is 0 Å². The van der Waals surface area contributed by atoms with Crippen LogP contribution in [-0.4, -0.2) is 30.8 Å². The number of ether oxygens (including phenoxy) is 1. The molecule has 0 unspecified atom stereocenters. The molecule has 1 saturated heterocycles. The summed E-state index contributed by atoms with van der Waals surface area (Å²) in [6.07, 6.45) is 0.530. The number of anilines is 3. The van der Waals surface area contributed by atoms with Crippen molar-refractivity contribution in [2.24, 2.45) is 5.73 Å². The Hall–Kier alpha value is -2.99. The Bertz CT molecular complexity index is 872. The number of amides is 1. The number of carbonyl (C=O) groups excluding carboxylic acids is 1. The average Bonchev–Trinajstić information content (AvgIpc) is 3.16. The molecule has 1 atom stereocenters. The summed E-state index contributed by atoms with van der Waals surface area (Å²) >= 11 is 0. The van der Waals surface area contributed by atoms with Gasteiger partial charge in [0.1, 0.15) is 5.60 Å². The Morgan fingerprint density at radius 3 is 2.16 bits per heavy atom. The quantitative estimate of drug-likeness (QED) is 0.575. The number of nitrogens with zero attached hydrogens (tertiary/aromatic N) is 1. The summed E-state index contributed by atoms with van der Waals surface area (Å²) in [5, 5.41) is 6.08. The molecule has 2 aromatic rings. The lowest BCUT2D eigenvalue weighted by Gasteiger charge is -2.21. The van der Waals surface area contributed by atoms with Crippen LogP contribution in [0.3, 0.4) is 0 Å². The highest BCUT2D eigenvalue weighted by Crippen LogP contribution is 2.27. The van der Waals surface area contributed by atoms with Gasteiger partial charge in [-0.3, -0.25) is 5.32 Å². The van der Waals surface area contributed by atoms with Crippen molar-refractivity contribution in [2.75, 3.05) is 28.6 Å². The highest BCUT2D eigenvalue weighted by molar-refractivity contribution is 5.92. The molecule has 1 amide bonds. The van der Waals surface area contributed by atoms with E-state index < -0.39 is 11.7 Å². The first-order valence-corrected chi connectivity index (χ1v) is 10.9. The lowest BCUT2D eigenvalue weighted by Crippen LogP contribution is -2.27. The normalized spacial score (nSPS) is 15.5. The zero-order chi connectivity index (χ0) is 23.0. The number of benzene rings is 2. The summed E-state index contributed by atoms with van der Waals surface area (Å²) < 4.78 is 5.34. The fourth-order valence-corrected chi connectivity index (χ4v) is 3.24. The molecule has 0 radical (unpaired) electrons. The van der Waals surface area contributed by atoms with Gasteiger partial charge in [-0.15, -0.1) is 0 Å². The van der Waals surface area contributed by atoms with Crippen molar-refractivity contribution >= 4 is 28.9 Å². The molecule has 31 heavy (non-hydrogen) atoms. The van der Waals surface area contributed by atoms with E-state index in [0.29, 0.717) is 5.69 Å². The van der Waals surface area contributed by atoms with Gasteiger partial charge in [0.2, 0.25) is 0 Å². The first-order valence-electron chi connectivity index (χ1n) is 10.9. The van der Waals surface area contributed by atoms with Gasteiger partial charge in [-0.2, -0.15) is 0 Å². The topological polar surface area (TPSA) is 79.6 Å². The zero-order valence-corrected chi connectivity index (χ0v) is 19.4. The van der Waals surface area contributed by atoms with E-state index >= 15 is 0 Å². The van der Waals surface area contributed by atoms with E-state index in [2.05, 4.69) is 34.2 Å². The molecule has 1 fully saturated rings. The van der Waals surface area contributed by atoms with Crippen LogP contribution in [0.4, 0.5) is 21.9 Å². The predicted molar refractivity (Wildman–Crippen MR) is 132 cm³/mol. The van der Waals surface area contributed by atoms with Gasteiger partial charge in [0, 0.05) is 30.5 Å². The van der Waals surface area contributed by atoms with Crippen molar-refractivity contribution in [1.29, 1.82) is 0 Å². The number of rotatable bonds is 5. The van der Waals surface area contributed by atoms with Crippen LogP contribution in [-0.2, 0) is 4.74 Å². The number of para-hydroxylation sites is 2. The second-order valence-electron chi connectivity index (χ2n) is 8.32. The molecule has 6 nitrogen and oxygen atoms in total.